The predicted molar refractivity (Wildman–Crippen MR) is 117 cm³/mol. The lowest BCUT2D eigenvalue weighted by Crippen LogP contribution is -2.41. The highest BCUT2D eigenvalue weighted by molar-refractivity contribution is 6.05. The number of carbonyl (C=O) groups is 3. The van der Waals surface area contributed by atoms with Crippen LogP contribution in [0, 0.1) is 0 Å². The van der Waals surface area contributed by atoms with Gasteiger partial charge in [-0.25, -0.2) is 4.79 Å². The maximum atomic E-state index is 12.8. The van der Waals surface area contributed by atoms with E-state index in [0.717, 1.165) is 17.5 Å². The third-order valence-corrected chi connectivity index (χ3v) is 6.04. The zero-order valence-corrected chi connectivity index (χ0v) is 18.3. The minimum atomic E-state index is -0.822. The Morgan fingerprint density at radius 1 is 1.06 bits per heavy atom. The molecule has 1 saturated heterocycles. The van der Waals surface area contributed by atoms with Crippen molar-refractivity contribution in [1.82, 2.24) is 15.1 Å². The van der Waals surface area contributed by atoms with Gasteiger partial charge in [0.2, 0.25) is 5.91 Å². The molecule has 2 heterocycles. The molecule has 4 amide bonds. The zero-order chi connectivity index (χ0) is 22.7. The van der Waals surface area contributed by atoms with E-state index in [0.29, 0.717) is 31.0 Å². The normalized spacial score (nSPS) is 17.8. The Labute approximate surface area is 187 Å². The molecule has 0 radical (unpaired) electrons. The van der Waals surface area contributed by atoms with E-state index in [1.54, 1.807) is 25.2 Å². The molecule has 0 aliphatic carbocycles. The maximum Gasteiger partial charge on any atom is 0.324 e. The van der Waals surface area contributed by atoms with E-state index in [-0.39, 0.29) is 24.8 Å². The highest BCUT2D eigenvalue weighted by Gasteiger charge is 2.39. The Kier molecular flexibility index (Phi) is 6.30. The smallest absolute Gasteiger partial charge is 0.324 e. The third kappa shape index (κ3) is 4.39. The lowest BCUT2D eigenvalue weighted by molar-refractivity contribution is -0.136. The molecule has 0 bridgehead atoms. The van der Waals surface area contributed by atoms with Gasteiger partial charge in [-0.2, -0.15) is 0 Å². The number of ether oxygens (including phenoxy) is 2. The highest BCUT2D eigenvalue weighted by Crippen LogP contribution is 2.28. The van der Waals surface area contributed by atoms with E-state index in [4.69, 9.17) is 9.47 Å². The molecule has 0 unspecified atom stereocenters. The van der Waals surface area contributed by atoms with Crippen LogP contribution in [0.5, 0.6) is 11.5 Å². The summed E-state index contributed by atoms with van der Waals surface area (Å²) >= 11 is 0. The SMILES string of the molecule is COc1ccc(CCN2C(=O)N[C@H](CC(=O)N3CCc4ccccc4C3)C2=O)cc1OC. The van der Waals surface area contributed by atoms with Gasteiger partial charge in [0.1, 0.15) is 6.04 Å². The Hall–Kier alpha value is -3.55. The molecule has 1 atom stereocenters. The van der Waals surface area contributed by atoms with E-state index in [9.17, 15) is 14.4 Å². The van der Waals surface area contributed by atoms with Crippen molar-refractivity contribution in [1.29, 1.82) is 0 Å². The van der Waals surface area contributed by atoms with Gasteiger partial charge < -0.3 is 19.7 Å². The number of urea groups is 1. The molecule has 1 fully saturated rings. The molecule has 0 saturated carbocycles. The van der Waals surface area contributed by atoms with E-state index in [2.05, 4.69) is 11.4 Å². The van der Waals surface area contributed by atoms with Crippen molar-refractivity contribution in [2.75, 3.05) is 27.3 Å². The average Bonchev–Trinajstić information content (AvgIpc) is 3.08. The van der Waals surface area contributed by atoms with Crippen LogP contribution in [0.3, 0.4) is 0 Å². The lowest BCUT2D eigenvalue weighted by Gasteiger charge is -2.29. The van der Waals surface area contributed by atoms with Gasteiger partial charge >= 0.3 is 6.03 Å². The minimum absolute atomic E-state index is 0.0282. The van der Waals surface area contributed by atoms with Crippen molar-refractivity contribution in [3.05, 3.63) is 59.2 Å². The van der Waals surface area contributed by atoms with E-state index in [1.807, 2.05) is 30.3 Å². The number of nitrogens with zero attached hydrogens (tertiary/aromatic N) is 2. The predicted octanol–water partition coefficient (Wildman–Crippen LogP) is 2.14. The molecule has 0 aromatic heterocycles. The molecular formula is C24H27N3O5. The molecule has 2 aliphatic rings. The minimum Gasteiger partial charge on any atom is -0.493 e. The third-order valence-electron chi connectivity index (χ3n) is 6.04. The summed E-state index contributed by atoms with van der Waals surface area (Å²) in [6.07, 6.45) is 1.24. The molecule has 8 heteroatoms. The van der Waals surface area contributed by atoms with E-state index >= 15 is 0 Å². The summed E-state index contributed by atoms with van der Waals surface area (Å²) in [5.41, 5.74) is 3.29. The summed E-state index contributed by atoms with van der Waals surface area (Å²) in [4.78, 5) is 40.9. The Balaban J connectivity index is 1.34. The first-order valence-electron chi connectivity index (χ1n) is 10.7. The topological polar surface area (TPSA) is 88.2 Å². The van der Waals surface area contributed by atoms with Gasteiger partial charge in [-0.15, -0.1) is 0 Å². The number of imide groups is 1. The van der Waals surface area contributed by atoms with Crippen LogP contribution in [-0.4, -0.2) is 61.0 Å². The quantitative estimate of drug-likeness (QED) is 0.671. The summed E-state index contributed by atoms with van der Waals surface area (Å²) in [6.45, 7) is 1.38. The Bertz CT molecular complexity index is 1040. The fraction of sp³-hybridized carbons (Fsp3) is 0.375. The standard InChI is InChI=1S/C24H27N3O5/c1-31-20-8-7-16(13-21(20)32-2)9-12-27-23(29)19(25-24(27)30)14-22(28)26-11-10-17-5-3-4-6-18(17)15-26/h3-8,13,19H,9-12,14-15H2,1-2H3,(H,25,30)/t19-/m1/s1. The van der Waals surface area contributed by atoms with Gasteiger partial charge in [-0.3, -0.25) is 14.5 Å². The number of fused-ring (bicyclic) bond motifs is 1. The summed E-state index contributed by atoms with van der Waals surface area (Å²) in [6, 6.07) is 12.3. The van der Waals surface area contributed by atoms with Gasteiger partial charge in [0.15, 0.2) is 11.5 Å². The fourth-order valence-corrected chi connectivity index (χ4v) is 4.22. The van der Waals surface area contributed by atoms with Crippen LogP contribution < -0.4 is 14.8 Å². The molecule has 2 aliphatic heterocycles. The number of hydrogen-bond acceptors (Lipinski definition) is 5. The summed E-state index contributed by atoms with van der Waals surface area (Å²) in [5, 5.41) is 2.67. The van der Waals surface area contributed by atoms with Gasteiger partial charge in [0, 0.05) is 19.6 Å². The molecular weight excluding hydrogens is 410 g/mol. The largest absolute Gasteiger partial charge is 0.493 e. The second kappa shape index (κ2) is 9.30. The molecule has 2 aromatic carbocycles. The van der Waals surface area contributed by atoms with Gasteiger partial charge in [-0.05, 0) is 41.7 Å². The van der Waals surface area contributed by atoms with Crippen LogP contribution >= 0.6 is 0 Å². The van der Waals surface area contributed by atoms with Crippen LogP contribution in [0.2, 0.25) is 0 Å². The number of benzene rings is 2. The monoisotopic (exact) mass is 437 g/mol. The van der Waals surface area contributed by atoms with Crippen LogP contribution in [0.25, 0.3) is 0 Å². The summed E-state index contributed by atoms with van der Waals surface area (Å²) in [7, 11) is 3.12. The molecule has 0 spiro atoms. The second-order valence-electron chi connectivity index (χ2n) is 7.97. The number of nitrogens with one attached hydrogen (secondary N) is 1. The first-order valence-corrected chi connectivity index (χ1v) is 10.7. The van der Waals surface area contributed by atoms with Crippen LogP contribution in [0.1, 0.15) is 23.1 Å². The molecule has 4 rings (SSSR count). The van der Waals surface area contributed by atoms with E-state index in [1.165, 1.54) is 10.5 Å². The van der Waals surface area contributed by atoms with Crippen molar-refractivity contribution >= 4 is 17.8 Å². The Morgan fingerprint density at radius 2 is 1.81 bits per heavy atom. The lowest BCUT2D eigenvalue weighted by atomic mass is 9.99. The second-order valence-corrected chi connectivity index (χ2v) is 7.97. The first kappa shape index (κ1) is 21.7. The van der Waals surface area contributed by atoms with Crippen LogP contribution in [-0.2, 0) is 29.0 Å². The van der Waals surface area contributed by atoms with Gasteiger partial charge in [-0.1, -0.05) is 30.3 Å². The number of amides is 4. The highest BCUT2D eigenvalue weighted by atomic mass is 16.5. The molecule has 32 heavy (non-hydrogen) atoms. The van der Waals surface area contributed by atoms with Gasteiger partial charge in [0.05, 0.1) is 20.6 Å². The van der Waals surface area contributed by atoms with Crippen molar-refractivity contribution in [3.63, 3.8) is 0 Å². The number of methoxy groups -OCH3 is 2. The average molecular weight is 437 g/mol. The zero-order valence-electron chi connectivity index (χ0n) is 18.3. The van der Waals surface area contributed by atoms with Crippen LogP contribution in [0.4, 0.5) is 4.79 Å². The van der Waals surface area contributed by atoms with Crippen LogP contribution in [0.15, 0.2) is 42.5 Å². The number of carbonyl (C=O) groups excluding carboxylic acids is 3. The summed E-state index contributed by atoms with van der Waals surface area (Å²) < 4.78 is 10.5. The van der Waals surface area contributed by atoms with Crippen molar-refractivity contribution in [3.8, 4) is 11.5 Å². The van der Waals surface area contributed by atoms with Gasteiger partial charge in [0.25, 0.3) is 5.91 Å². The first-order chi connectivity index (χ1) is 15.5. The van der Waals surface area contributed by atoms with Crippen molar-refractivity contribution in [2.24, 2.45) is 0 Å². The number of rotatable bonds is 7. The maximum absolute atomic E-state index is 12.8. The molecule has 1 N–H and O–H groups in total. The van der Waals surface area contributed by atoms with Crippen molar-refractivity contribution < 1.29 is 23.9 Å². The molecule has 8 nitrogen and oxygen atoms in total. The Morgan fingerprint density at radius 3 is 2.56 bits per heavy atom. The van der Waals surface area contributed by atoms with Crippen molar-refractivity contribution in [2.45, 2.75) is 31.8 Å². The number of hydrogen-bond donors (Lipinski definition) is 1. The molecule has 168 valence electrons. The summed E-state index contributed by atoms with van der Waals surface area (Å²) in [5.74, 6) is 0.722. The van der Waals surface area contributed by atoms with E-state index < -0.39 is 12.1 Å². The molecule has 2 aromatic rings. The fourth-order valence-electron chi connectivity index (χ4n) is 4.22.